The molecule has 0 bridgehead atoms. The lowest BCUT2D eigenvalue weighted by atomic mass is 10.1. The number of para-hydroxylation sites is 1. The highest BCUT2D eigenvalue weighted by atomic mass is 16.5. The molecule has 2 unspecified atom stereocenters. The van der Waals surface area contributed by atoms with Crippen LogP contribution in [0.15, 0.2) is 48.7 Å². The van der Waals surface area contributed by atoms with E-state index in [1.165, 1.54) is 0 Å². The molecule has 0 radical (unpaired) electrons. The van der Waals surface area contributed by atoms with Crippen molar-refractivity contribution in [1.29, 1.82) is 0 Å². The van der Waals surface area contributed by atoms with E-state index in [0.29, 0.717) is 31.1 Å². The average molecular weight is 470 g/mol. The number of aromatic hydroxyl groups is 1. The summed E-state index contributed by atoms with van der Waals surface area (Å²) in [5, 5.41) is 23.9. The number of phenols is 1. The van der Waals surface area contributed by atoms with Gasteiger partial charge in [-0.15, -0.1) is 0 Å². The Hall–Kier alpha value is -3.23. The first-order chi connectivity index (χ1) is 16.4. The van der Waals surface area contributed by atoms with Crippen molar-refractivity contribution in [3.05, 3.63) is 54.2 Å². The number of H-pyrrole nitrogens is 1. The number of hydrogen-bond donors (Lipinski definition) is 4. The van der Waals surface area contributed by atoms with Crippen molar-refractivity contribution in [3.63, 3.8) is 0 Å². The fourth-order valence-corrected chi connectivity index (χ4v) is 3.81. The summed E-state index contributed by atoms with van der Waals surface area (Å²) in [5.41, 5.74) is 2.00. The lowest BCUT2D eigenvalue weighted by Crippen LogP contribution is -2.37. The van der Waals surface area contributed by atoms with Crippen LogP contribution in [0.4, 0.5) is 0 Å². The maximum atomic E-state index is 12.3. The lowest BCUT2D eigenvalue weighted by molar-refractivity contribution is -0.132. The van der Waals surface area contributed by atoms with E-state index in [9.17, 15) is 15.0 Å². The summed E-state index contributed by atoms with van der Waals surface area (Å²) in [6.45, 7) is 7.86. The number of aliphatic hydroxyl groups excluding tert-OH is 1. The molecule has 0 spiro atoms. The number of fused-ring (bicyclic) bond motifs is 1. The highest BCUT2D eigenvalue weighted by molar-refractivity contribution is 5.89. The summed E-state index contributed by atoms with van der Waals surface area (Å²) in [4.78, 5) is 17.3. The third-order valence-corrected chi connectivity index (χ3v) is 5.74. The van der Waals surface area contributed by atoms with Crippen LogP contribution in [0.2, 0.25) is 0 Å². The molecule has 0 aliphatic heterocycles. The largest absolute Gasteiger partial charge is 0.508 e. The summed E-state index contributed by atoms with van der Waals surface area (Å²) < 4.78 is 11.4. The molecule has 184 valence electrons. The van der Waals surface area contributed by atoms with Crippen LogP contribution in [0.25, 0.3) is 10.9 Å². The fraction of sp³-hybridized carbons (Fsp3) is 0.423. The predicted molar refractivity (Wildman–Crippen MR) is 132 cm³/mol. The summed E-state index contributed by atoms with van der Waals surface area (Å²) in [5.74, 6) is 1.40. The van der Waals surface area contributed by atoms with E-state index < -0.39 is 6.10 Å². The maximum Gasteiger partial charge on any atom is 0.260 e. The summed E-state index contributed by atoms with van der Waals surface area (Å²) in [7, 11) is 0. The predicted octanol–water partition coefficient (Wildman–Crippen LogP) is 3.08. The Morgan fingerprint density at radius 1 is 1.12 bits per heavy atom. The zero-order chi connectivity index (χ0) is 24.5. The molecule has 0 saturated carbocycles. The summed E-state index contributed by atoms with van der Waals surface area (Å²) in [6, 6.07) is 12.4. The number of aromatic amines is 1. The van der Waals surface area contributed by atoms with Gasteiger partial charge in [0.25, 0.3) is 5.91 Å². The van der Waals surface area contributed by atoms with Gasteiger partial charge in [-0.2, -0.15) is 0 Å². The molecule has 2 atom stereocenters. The average Bonchev–Trinajstić information content (AvgIpc) is 3.25. The molecule has 4 N–H and O–H groups in total. The number of benzene rings is 2. The molecule has 1 amide bonds. The Morgan fingerprint density at radius 3 is 2.56 bits per heavy atom. The van der Waals surface area contributed by atoms with Gasteiger partial charge in [0.05, 0.1) is 5.52 Å². The van der Waals surface area contributed by atoms with E-state index in [-0.39, 0.29) is 30.9 Å². The minimum absolute atomic E-state index is 0.0111. The number of rotatable bonds is 13. The van der Waals surface area contributed by atoms with E-state index in [1.54, 1.807) is 29.2 Å². The van der Waals surface area contributed by atoms with Gasteiger partial charge in [0.1, 0.15) is 30.0 Å². The van der Waals surface area contributed by atoms with Crippen LogP contribution in [-0.4, -0.2) is 71.0 Å². The van der Waals surface area contributed by atoms with Crippen LogP contribution in [0.1, 0.15) is 26.3 Å². The molecule has 8 heteroatoms. The topological polar surface area (TPSA) is 107 Å². The number of likely N-dealkylation sites (N-methyl/N-ethyl adjacent to an activating group) is 1. The maximum absolute atomic E-state index is 12.3. The van der Waals surface area contributed by atoms with Crippen LogP contribution in [0.5, 0.6) is 17.2 Å². The number of ether oxygens (including phenoxy) is 2. The van der Waals surface area contributed by atoms with Gasteiger partial charge in [0.15, 0.2) is 6.61 Å². The molecule has 1 heterocycles. The first-order valence-electron chi connectivity index (χ1n) is 11.7. The monoisotopic (exact) mass is 469 g/mol. The number of carbonyl (C=O) groups is 1. The molecule has 3 rings (SSSR count). The highest BCUT2D eigenvalue weighted by Crippen LogP contribution is 2.28. The standard InChI is InChI=1S/C26H35N3O5/c1-4-29(5-2)25(32)17-34-24-8-6-7-23-19(14-28-26(23)24)13-18(3)27-15-21(31)16-33-22-11-9-20(30)10-12-22/h6-12,14,18,21,27-28,30-31H,4-5,13,15-17H2,1-3H3. The second-order valence-electron chi connectivity index (χ2n) is 8.32. The van der Waals surface area contributed by atoms with Crippen molar-refractivity contribution in [2.75, 3.05) is 32.8 Å². The molecule has 34 heavy (non-hydrogen) atoms. The second-order valence-corrected chi connectivity index (χ2v) is 8.32. The van der Waals surface area contributed by atoms with Gasteiger partial charge in [-0.3, -0.25) is 4.79 Å². The van der Waals surface area contributed by atoms with Crippen LogP contribution < -0.4 is 14.8 Å². The Labute approximate surface area is 200 Å². The number of aliphatic hydroxyl groups is 1. The number of phenolic OH excluding ortho intramolecular Hbond substituents is 1. The van der Waals surface area contributed by atoms with Gasteiger partial charge in [-0.25, -0.2) is 0 Å². The van der Waals surface area contributed by atoms with E-state index >= 15 is 0 Å². The van der Waals surface area contributed by atoms with Crippen LogP contribution in [-0.2, 0) is 11.2 Å². The molecular formula is C26H35N3O5. The highest BCUT2D eigenvalue weighted by Gasteiger charge is 2.15. The molecule has 3 aromatic rings. The fourth-order valence-electron chi connectivity index (χ4n) is 3.81. The number of carbonyl (C=O) groups excluding carboxylic acids is 1. The molecule has 8 nitrogen and oxygen atoms in total. The van der Waals surface area contributed by atoms with Crippen molar-refractivity contribution >= 4 is 16.8 Å². The molecule has 0 saturated heterocycles. The van der Waals surface area contributed by atoms with Gasteiger partial charge in [0, 0.05) is 37.3 Å². The molecular weight excluding hydrogens is 434 g/mol. The Bertz CT molecular complexity index is 1050. The van der Waals surface area contributed by atoms with Crippen molar-refractivity contribution < 1.29 is 24.5 Å². The van der Waals surface area contributed by atoms with Crippen molar-refractivity contribution in [3.8, 4) is 17.2 Å². The van der Waals surface area contributed by atoms with Gasteiger partial charge in [0.2, 0.25) is 0 Å². The first-order valence-corrected chi connectivity index (χ1v) is 11.7. The number of nitrogens with one attached hydrogen (secondary N) is 2. The molecule has 2 aromatic carbocycles. The quantitative estimate of drug-likeness (QED) is 0.307. The van der Waals surface area contributed by atoms with Gasteiger partial charge in [-0.05, 0) is 63.1 Å². The van der Waals surface area contributed by atoms with Gasteiger partial charge >= 0.3 is 0 Å². The van der Waals surface area contributed by atoms with Crippen LogP contribution in [0.3, 0.4) is 0 Å². The Kier molecular flexibility index (Phi) is 9.18. The Morgan fingerprint density at radius 2 is 1.85 bits per heavy atom. The first kappa shape index (κ1) is 25.4. The van der Waals surface area contributed by atoms with Crippen molar-refractivity contribution in [1.82, 2.24) is 15.2 Å². The van der Waals surface area contributed by atoms with E-state index in [0.717, 1.165) is 22.9 Å². The van der Waals surface area contributed by atoms with Crippen LogP contribution in [0, 0.1) is 0 Å². The van der Waals surface area contributed by atoms with Crippen LogP contribution >= 0.6 is 0 Å². The minimum Gasteiger partial charge on any atom is -0.508 e. The van der Waals surface area contributed by atoms with Crippen molar-refractivity contribution in [2.24, 2.45) is 0 Å². The van der Waals surface area contributed by atoms with Gasteiger partial charge in [-0.1, -0.05) is 12.1 Å². The van der Waals surface area contributed by atoms with E-state index in [4.69, 9.17) is 9.47 Å². The minimum atomic E-state index is -0.664. The molecule has 0 fully saturated rings. The molecule has 1 aromatic heterocycles. The summed E-state index contributed by atoms with van der Waals surface area (Å²) in [6.07, 6.45) is 2.06. The van der Waals surface area contributed by atoms with Gasteiger partial charge < -0.3 is 34.9 Å². The second kappa shape index (κ2) is 12.3. The van der Waals surface area contributed by atoms with Crippen molar-refractivity contribution in [2.45, 2.75) is 39.3 Å². The zero-order valence-corrected chi connectivity index (χ0v) is 20.1. The Balaban J connectivity index is 1.51. The smallest absolute Gasteiger partial charge is 0.260 e. The summed E-state index contributed by atoms with van der Waals surface area (Å²) >= 11 is 0. The normalized spacial score (nSPS) is 12.9. The molecule has 0 aliphatic rings. The van der Waals surface area contributed by atoms with E-state index in [2.05, 4.69) is 17.2 Å². The number of aromatic nitrogens is 1. The third-order valence-electron chi connectivity index (χ3n) is 5.74. The number of hydrogen-bond acceptors (Lipinski definition) is 6. The number of nitrogens with zero attached hydrogens (tertiary/aromatic N) is 1. The lowest BCUT2D eigenvalue weighted by Gasteiger charge is -2.19. The SMILES string of the molecule is CCN(CC)C(=O)COc1cccc2c(CC(C)NCC(O)COc3ccc(O)cc3)c[nH]c12. The number of amides is 1. The third kappa shape index (κ3) is 6.88. The molecule has 0 aliphatic carbocycles. The zero-order valence-electron chi connectivity index (χ0n) is 20.1. The van der Waals surface area contributed by atoms with E-state index in [1.807, 2.05) is 38.2 Å².